The van der Waals surface area contributed by atoms with E-state index in [1.165, 1.54) is 38.5 Å². The lowest BCUT2D eigenvalue weighted by Gasteiger charge is -2.49. The van der Waals surface area contributed by atoms with Crippen LogP contribution in [0.25, 0.3) is 0 Å². The van der Waals surface area contributed by atoms with Crippen LogP contribution in [0.15, 0.2) is 24.3 Å². The Morgan fingerprint density at radius 1 is 1.20 bits per heavy atom. The van der Waals surface area contributed by atoms with Crippen molar-refractivity contribution < 1.29 is 4.39 Å². The second kappa shape index (κ2) is 5.85. The van der Waals surface area contributed by atoms with Crippen molar-refractivity contribution in [2.75, 3.05) is 13.1 Å². The maximum Gasteiger partial charge on any atom is 0.126 e. The fourth-order valence-corrected chi connectivity index (χ4v) is 4.43. The molecule has 1 aliphatic carbocycles. The Bertz CT molecular complexity index is 448. The minimum atomic E-state index is -0.0156. The average Bonchev–Trinajstić information content (AvgIpc) is 2.50. The van der Waals surface area contributed by atoms with E-state index in [0.717, 1.165) is 24.6 Å². The van der Waals surface area contributed by atoms with Gasteiger partial charge in [0, 0.05) is 12.5 Å². The molecule has 0 aromatic heterocycles. The Hall–Kier alpha value is -0.890. The standard InChI is InChI=1S/C18H26FN/c1-2-14-7-9-18(10-8-14)11-12-20-13-16(18)15-5-3-4-6-17(15)19/h3-6,14,16,20H,2,7-13H2,1H3. The third kappa shape index (κ3) is 2.50. The van der Waals surface area contributed by atoms with Crippen LogP contribution in [-0.4, -0.2) is 13.1 Å². The van der Waals surface area contributed by atoms with Gasteiger partial charge in [-0.3, -0.25) is 0 Å². The molecule has 110 valence electrons. The van der Waals surface area contributed by atoms with Gasteiger partial charge in [0.25, 0.3) is 0 Å². The van der Waals surface area contributed by atoms with Gasteiger partial charge in [0.05, 0.1) is 0 Å². The summed E-state index contributed by atoms with van der Waals surface area (Å²) in [5.74, 6) is 1.24. The lowest BCUT2D eigenvalue weighted by molar-refractivity contribution is 0.0767. The minimum absolute atomic E-state index is 0.0156. The molecule has 1 atom stereocenters. The van der Waals surface area contributed by atoms with E-state index < -0.39 is 0 Å². The highest BCUT2D eigenvalue weighted by Crippen LogP contribution is 2.52. The minimum Gasteiger partial charge on any atom is -0.316 e. The molecule has 1 heterocycles. The second-order valence-corrected chi connectivity index (χ2v) is 6.74. The maximum atomic E-state index is 14.2. The predicted octanol–water partition coefficient (Wildman–Crippen LogP) is 4.49. The van der Waals surface area contributed by atoms with E-state index in [0.29, 0.717) is 11.3 Å². The van der Waals surface area contributed by atoms with Gasteiger partial charge in [0.2, 0.25) is 0 Å². The molecule has 1 aromatic carbocycles. The molecule has 1 aromatic rings. The van der Waals surface area contributed by atoms with Crippen molar-refractivity contribution in [2.24, 2.45) is 11.3 Å². The number of piperidine rings is 1. The highest BCUT2D eigenvalue weighted by Gasteiger charge is 2.44. The van der Waals surface area contributed by atoms with Gasteiger partial charge in [-0.05, 0) is 61.6 Å². The summed E-state index contributed by atoms with van der Waals surface area (Å²) < 4.78 is 14.2. The molecule has 1 saturated heterocycles. The molecular formula is C18H26FN. The van der Waals surface area contributed by atoms with E-state index in [2.05, 4.69) is 12.2 Å². The molecule has 1 N–H and O–H groups in total. The predicted molar refractivity (Wildman–Crippen MR) is 81.3 cm³/mol. The van der Waals surface area contributed by atoms with Gasteiger partial charge in [-0.2, -0.15) is 0 Å². The number of nitrogens with one attached hydrogen (secondary N) is 1. The molecule has 2 aliphatic rings. The van der Waals surface area contributed by atoms with Crippen molar-refractivity contribution in [1.82, 2.24) is 5.32 Å². The molecular weight excluding hydrogens is 249 g/mol. The Kier molecular flexibility index (Phi) is 4.11. The van der Waals surface area contributed by atoms with Gasteiger partial charge >= 0.3 is 0 Å². The first-order chi connectivity index (χ1) is 9.75. The van der Waals surface area contributed by atoms with Crippen molar-refractivity contribution in [3.8, 4) is 0 Å². The fraction of sp³-hybridized carbons (Fsp3) is 0.667. The van der Waals surface area contributed by atoms with Crippen LogP contribution in [0.1, 0.15) is 56.9 Å². The zero-order chi connectivity index (χ0) is 14.0. The molecule has 0 radical (unpaired) electrons. The molecule has 2 heteroatoms. The number of benzene rings is 1. The molecule has 1 aliphatic heterocycles. The first kappa shape index (κ1) is 14.1. The Balaban J connectivity index is 1.86. The Morgan fingerprint density at radius 3 is 2.65 bits per heavy atom. The van der Waals surface area contributed by atoms with Crippen LogP contribution in [0.2, 0.25) is 0 Å². The summed E-state index contributed by atoms with van der Waals surface area (Å²) in [6.07, 6.45) is 7.75. The first-order valence-corrected chi connectivity index (χ1v) is 8.20. The van der Waals surface area contributed by atoms with Gasteiger partial charge in [0.15, 0.2) is 0 Å². The molecule has 1 nitrogen and oxygen atoms in total. The molecule has 3 rings (SSSR count). The van der Waals surface area contributed by atoms with Crippen molar-refractivity contribution in [3.05, 3.63) is 35.6 Å². The third-order valence-electron chi connectivity index (χ3n) is 5.85. The molecule has 1 unspecified atom stereocenters. The summed E-state index contributed by atoms with van der Waals surface area (Å²) in [6.45, 7) is 4.35. The Morgan fingerprint density at radius 2 is 1.95 bits per heavy atom. The fourth-order valence-electron chi connectivity index (χ4n) is 4.43. The molecule has 0 amide bonds. The summed E-state index contributed by atoms with van der Waals surface area (Å²) in [7, 11) is 0. The van der Waals surface area contributed by atoms with E-state index in [9.17, 15) is 4.39 Å². The highest BCUT2D eigenvalue weighted by molar-refractivity contribution is 5.26. The van der Waals surface area contributed by atoms with Gasteiger partial charge in [-0.1, -0.05) is 31.5 Å². The SMILES string of the molecule is CCC1CCC2(CCNCC2c2ccccc2F)CC1. The van der Waals surface area contributed by atoms with E-state index in [-0.39, 0.29) is 5.82 Å². The van der Waals surface area contributed by atoms with Crippen LogP contribution in [0, 0.1) is 17.2 Å². The van der Waals surface area contributed by atoms with Crippen molar-refractivity contribution in [1.29, 1.82) is 0 Å². The van der Waals surface area contributed by atoms with E-state index in [1.54, 1.807) is 12.1 Å². The number of hydrogen-bond donors (Lipinski definition) is 1. The van der Waals surface area contributed by atoms with Gasteiger partial charge in [-0.15, -0.1) is 0 Å². The second-order valence-electron chi connectivity index (χ2n) is 6.74. The zero-order valence-corrected chi connectivity index (χ0v) is 12.5. The van der Waals surface area contributed by atoms with Crippen LogP contribution in [-0.2, 0) is 0 Å². The summed E-state index contributed by atoms with van der Waals surface area (Å²) in [5, 5.41) is 3.49. The zero-order valence-electron chi connectivity index (χ0n) is 12.5. The summed E-state index contributed by atoms with van der Waals surface area (Å²) in [6, 6.07) is 7.41. The smallest absolute Gasteiger partial charge is 0.126 e. The van der Waals surface area contributed by atoms with Crippen LogP contribution in [0.3, 0.4) is 0 Å². The van der Waals surface area contributed by atoms with Crippen LogP contribution in [0.5, 0.6) is 0 Å². The third-order valence-corrected chi connectivity index (χ3v) is 5.85. The van der Waals surface area contributed by atoms with Crippen LogP contribution >= 0.6 is 0 Å². The summed E-state index contributed by atoms with van der Waals surface area (Å²) in [4.78, 5) is 0. The molecule has 2 fully saturated rings. The summed E-state index contributed by atoms with van der Waals surface area (Å²) in [5.41, 5.74) is 1.29. The number of rotatable bonds is 2. The largest absolute Gasteiger partial charge is 0.316 e. The van der Waals surface area contributed by atoms with Crippen LogP contribution in [0.4, 0.5) is 4.39 Å². The maximum absolute atomic E-state index is 14.2. The van der Waals surface area contributed by atoms with Crippen LogP contribution < -0.4 is 5.32 Å². The molecule has 0 bridgehead atoms. The number of hydrogen-bond acceptors (Lipinski definition) is 1. The monoisotopic (exact) mass is 275 g/mol. The van der Waals surface area contributed by atoms with Gasteiger partial charge < -0.3 is 5.32 Å². The van der Waals surface area contributed by atoms with Gasteiger partial charge in [0.1, 0.15) is 5.82 Å². The summed E-state index contributed by atoms with van der Waals surface area (Å²) >= 11 is 0. The van der Waals surface area contributed by atoms with Gasteiger partial charge in [-0.25, -0.2) is 4.39 Å². The quantitative estimate of drug-likeness (QED) is 0.838. The molecule has 20 heavy (non-hydrogen) atoms. The normalized spacial score (nSPS) is 34.3. The number of halogens is 1. The average molecular weight is 275 g/mol. The van der Waals surface area contributed by atoms with Crippen molar-refractivity contribution >= 4 is 0 Å². The van der Waals surface area contributed by atoms with E-state index >= 15 is 0 Å². The van der Waals surface area contributed by atoms with Crippen molar-refractivity contribution in [2.45, 2.75) is 51.4 Å². The highest BCUT2D eigenvalue weighted by atomic mass is 19.1. The Labute approximate surface area is 122 Å². The lowest BCUT2D eigenvalue weighted by Crippen LogP contribution is -2.45. The van der Waals surface area contributed by atoms with E-state index in [4.69, 9.17) is 0 Å². The first-order valence-electron chi connectivity index (χ1n) is 8.20. The molecule has 1 spiro atoms. The van der Waals surface area contributed by atoms with E-state index in [1.807, 2.05) is 12.1 Å². The molecule has 1 saturated carbocycles. The topological polar surface area (TPSA) is 12.0 Å². The lowest BCUT2D eigenvalue weighted by atomic mass is 9.59. The van der Waals surface area contributed by atoms with Crippen molar-refractivity contribution in [3.63, 3.8) is 0 Å².